The summed E-state index contributed by atoms with van der Waals surface area (Å²) >= 11 is 0. The maximum absolute atomic E-state index is 12.5. The Morgan fingerprint density at radius 2 is 1.76 bits per heavy atom. The lowest BCUT2D eigenvalue weighted by atomic mass is 9.94. The Balaban J connectivity index is 1.94. The standard InChI is InChI=1S/C16H18N2O3/c1-17-14(19)10-7-8-12-13(9-10)16(21)18(15(12)20)11-5-3-2-4-6-11/h7-9,11H,2-6H2,1H3,(H,17,19). The molecular weight excluding hydrogens is 268 g/mol. The van der Waals surface area contributed by atoms with Gasteiger partial charge in [-0.3, -0.25) is 19.3 Å². The van der Waals surface area contributed by atoms with E-state index in [1.165, 1.54) is 24.4 Å². The predicted octanol–water partition coefficient (Wildman–Crippen LogP) is 1.97. The number of benzene rings is 1. The van der Waals surface area contributed by atoms with Crippen LogP contribution in [0.4, 0.5) is 0 Å². The van der Waals surface area contributed by atoms with E-state index in [1.54, 1.807) is 12.1 Å². The second-order valence-corrected chi connectivity index (χ2v) is 5.61. The summed E-state index contributed by atoms with van der Waals surface area (Å²) in [5.41, 5.74) is 1.17. The smallest absolute Gasteiger partial charge is 0.261 e. The summed E-state index contributed by atoms with van der Waals surface area (Å²) in [6.07, 6.45) is 5.05. The van der Waals surface area contributed by atoms with Gasteiger partial charge in [0.15, 0.2) is 0 Å². The minimum absolute atomic E-state index is 0.00889. The van der Waals surface area contributed by atoms with Crippen LogP contribution < -0.4 is 5.32 Å². The number of carbonyl (C=O) groups is 3. The predicted molar refractivity (Wildman–Crippen MR) is 77.2 cm³/mol. The maximum atomic E-state index is 12.5. The van der Waals surface area contributed by atoms with E-state index in [4.69, 9.17) is 0 Å². The van der Waals surface area contributed by atoms with E-state index in [0.717, 1.165) is 25.7 Å². The Morgan fingerprint density at radius 1 is 1.10 bits per heavy atom. The molecule has 1 aromatic carbocycles. The van der Waals surface area contributed by atoms with Crippen molar-refractivity contribution in [2.24, 2.45) is 0 Å². The van der Waals surface area contributed by atoms with Gasteiger partial charge in [-0.15, -0.1) is 0 Å². The number of nitrogens with zero attached hydrogens (tertiary/aromatic N) is 1. The van der Waals surface area contributed by atoms with Crippen molar-refractivity contribution < 1.29 is 14.4 Å². The highest BCUT2D eigenvalue weighted by atomic mass is 16.2. The van der Waals surface area contributed by atoms with Crippen molar-refractivity contribution in [2.45, 2.75) is 38.1 Å². The van der Waals surface area contributed by atoms with E-state index < -0.39 is 0 Å². The number of carbonyl (C=O) groups excluding carboxylic acids is 3. The molecule has 0 spiro atoms. The van der Waals surface area contributed by atoms with E-state index >= 15 is 0 Å². The average molecular weight is 286 g/mol. The first-order valence-corrected chi connectivity index (χ1v) is 7.37. The summed E-state index contributed by atoms with van der Waals surface area (Å²) < 4.78 is 0. The zero-order valence-electron chi connectivity index (χ0n) is 12.0. The Labute approximate surface area is 123 Å². The normalized spacial score (nSPS) is 18.8. The SMILES string of the molecule is CNC(=O)c1ccc2c(c1)C(=O)N(C1CCCCC1)C2=O. The third-order valence-electron chi connectivity index (χ3n) is 4.35. The van der Waals surface area contributed by atoms with Crippen molar-refractivity contribution >= 4 is 17.7 Å². The molecule has 5 heteroatoms. The molecule has 3 rings (SSSR count). The third-order valence-corrected chi connectivity index (χ3v) is 4.35. The molecule has 1 N–H and O–H groups in total. The van der Waals surface area contributed by atoms with Gasteiger partial charge in [-0.25, -0.2) is 0 Å². The van der Waals surface area contributed by atoms with Crippen molar-refractivity contribution in [3.8, 4) is 0 Å². The summed E-state index contributed by atoms with van der Waals surface area (Å²) in [5, 5.41) is 2.52. The second-order valence-electron chi connectivity index (χ2n) is 5.61. The number of nitrogens with one attached hydrogen (secondary N) is 1. The van der Waals surface area contributed by atoms with Crippen LogP contribution in [0.15, 0.2) is 18.2 Å². The first-order valence-electron chi connectivity index (χ1n) is 7.37. The minimum atomic E-state index is -0.257. The summed E-state index contributed by atoms with van der Waals surface area (Å²) in [6, 6.07) is 4.71. The minimum Gasteiger partial charge on any atom is -0.355 e. The van der Waals surface area contributed by atoms with E-state index in [1.807, 2.05) is 0 Å². The van der Waals surface area contributed by atoms with Crippen molar-refractivity contribution in [1.29, 1.82) is 0 Å². The zero-order valence-corrected chi connectivity index (χ0v) is 12.0. The second kappa shape index (κ2) is 5.31. The molecule has 0 radical (unpaired) electrons. The van der Waals surface area contributed by atoms with Crippen LogP contribution in [-0.2, 0) is 0 Å². The molecule has 2 aliphatic rings. The number of rotatable bonds is 2. The molecule has 1 fully saturated rings. The largest absolute Gasteiger partial charge is 0.355 e. The quantitative estimate of drug-likeness (QED) is 0.845. The molecule has 1 heterocycles. The fraction of sp³-hybridized carbons (Fsp3) is 0.438. The fourth-order valence-electron chi connectivity index (χ4n) is 3.22. The monoisotopic (exact) mass is 286 g/mol. The van der Waals surface area contributed by atoms with Gasteiger partial charge in [0.25, 0.3) is 17.7 Å². The molecule has 0 saturated heterocycles. The van der Waals surface area contributed by atoms with Crippen LogP contribution in [0.5, 0.6) is 0 Å². The van der Waals surface area contributed by atoms with Crippen LogP contribution in [0.2, 0.25) is 0 Å². The molecule has 1 aliphatic heterocycles. The molecule has 0 bridgehead atoms. The lowest BCUT2D eigenvalue weighted by molar-refractivity contribution is 0.0549. The molecule has 1 saturated carbocycles. The summed E-state index contributed by atoms with van der Waals surface area (Å²) in [7, 11) is 1.54. The van der Waals surface area contributed by atoms with Crippen molar-refractivity contribution in [1.82, 2.24) is 10.2 Å². The lowest BCUT2D eigenvalue weighted by Gasteiger charge is -2.29. The number of fused-ring (bicyclic) bond motifs is 1. The van der Waals surface area contributed by atoms with Gasteiger partial charge in [0, 0.05) is 18.7 Å². The van der Waals surface area contributed by atoms with Crippen LogP contribution >= 0.6 is 0 Å². The van der Waals surface area contributed by atoms with Gasteiger partial charge in [0.05, 0.1) is 11.1 Å². The van der Waals surface area contributed by atoms with Crippen LogP contribution in [0.25, 0.3) is 0 Å². The van der Waals surface area contributed by atoms with E-state index in [0.29, 0.717) is 16.7 Å². The Kier molecular flexibility index (Phi) is 3.49. The van der Waals surface area contributed by atoms with Gasteiger partial charge in [-0.1, -0.05) is 19.3 Å². The van der Waals surface area contributed by atoms with Gasteiger partial charge < -0.3 is 5.32 Å². The fourth-order valence-corrected chi connectivity index (χ4v) is 3.22. The molecule has 1 aliphatic carbocycles. The number of amides is 3. The van der Waals surface area contributed by atoms with Gasteiger partial charge in [-0.2, -0.15) is 0 Å². The summed E-state index contributed by atoms with van der Waals surface area (Å²) in [5.74, 6) is -0.729. The van der Waals surface area contributed by atoms with Crippen molar-refractivity contribution in [3.05, 3.63) is 34.9 Å². The van der Waals surface area contributed by atoms with Crippen LogP contribution in [0, 0.1) is 0 Å². The van der Waals surface area contributed by atoms with E-state index in [2.05, 4.69) is 5.32 Å². The first kappa shape index (κ1) is 13.8. The molecule has 0 unspecified atom stereocenters. The van der Waals surface area contributed by atoms with Crippen molar-refractivity contribution in [3.63, 3.8) is 0 Å². The highest BCUT2D eigenvalue weighted by Crippen LogP contribution is 2.31. The number of imide groups is 1. The molecule has 0 atom stereocenters. The number of hydrogen-bond donors (Lipinski definition) is 1. The van der Waals surface area contributed by atoms with Crippen LogP contribution in [0.3, 0.4) is 0 Å². The maximum Gasteiger partial charge on any atom is 0.261 e. The van der Waals surface area contributed by atoms with Crippen LogP contribution in [-0.4, -0.2) is 35.7 Å². The van der Waals surface area contributed by atoms with E-state index in [-0.39, 0.29) is 23.8 Å². The summed E-state index contributed by atoms with van der Waals surface area (Å²) in [6.45, 7) is 0. The molecule has 3 amide bonds. The molecule has 110 valence electrons. The molecule has 1 aromatic rings. The molecule has 21 heavy (non-hydrogen) atoms. The zero-order chi connectivity index (χ0) is 15.0. The van der Waals surface area contributed by atoms with E-state index in [9.17, 15) is 14.4 Å². The van der Waals surface area contributed by atoms with Gasteiger partial charge in [0.2, 0.25) is 0 Å². The third kappa shape index (κ3) is 2.22. The lowest BCUT2D eigenvalue weighted by Crippen LogP contribution is -2.40. The molecule has 5 nitrogen and oxygen atoms in total. The van der Waals surface area contributed by atoms with Gasteiger partial charge in [-0.05, 0) is 31.0 Å². The highest BCUT2D eigenvalue weighted by Gasteiger charge is 2.40. The van der Waals surface area contributed by atoms with Crippen molar-refractivity contribution in [2.75, 3.05) is 7.05 Å². The van der Waals surface area contributed by atoms with Gasteiger partial charge >= 0.3 is 0 Å². The Morgan fingerprint density at radius 3 is 2.43 bits per heavy atom. The average Bonchev–Trinajstić information content (AvgIpc) is 2.78. The Bertz CT molecular complexity index is 618. The number of hydrogen-bond acceptors (Lipinski definition) is 3. The van der Waals surface area contributed by atoms with Gasteiger partial charge in [0.1, 0.15) is 0 Å². The summed E-state index contributed by atoms with van der Waals surface area (Å²) in [4.78, 5) is 38.1. The topological polar surface area (TPSA) is 66.5 Å². The molecule has 0 aromatic heterocycles. The first-order chi connectivity index (χ1) is 10.1. The molecular formula is C16H18N2O3. The Hall–Kier alpha value is -2.17. The highest BCUT2D eigenvalue weighted by molar-refractivity contribution is 6.22. The van der Waals surface area contributed by atoms with Crippen LogP contribution in [0.1, 0.15) is 63.2 Å².